The molecule has 1 aliphatic heterocycles. The molecule has 0 N–H and O–H groups in total. The molecule has 0 radical (unpaired) electrons. The first-order valence-electron chi connectivity index (χ1n) is 6.21. The van der Waals surface area contributed by atoms with Crippen LogP contribution in [0, 0.1) is 10.8 Å². The van der Waals surface area contributed by atoms with Gasteiger partial charge in [-0.2, -0.15) is 11.8 Å². The molecule has 0 aromatic rings. The summed E-state index contributed by atoms with van der Waals surface area (Å²) in [5.74, 6) is 3.15. The van der Waals surface area contributed by atoms with Crippen LogP contribution in [0.15, 0.2) is 0 Å². The minimum Gasteiger partial charge on any atom is -0.450 e. The summed E-state index contributed by atoms with van der Waals surface area (Å²) >= 11 is 3.64. The van der Waals surface area contributed by atoms with Crippen molar-refractivity contribution in [2.75, 3.05) is 17.3 Å². The number of hydrogen-bond donors (Lipinski definition) is 0. The van der Waals surface area contributed by atoms with Crippen molar-refractivity contribution in [3.05, 3.63) is 0 Å². The normalized spacial score (nSPS) is 25.1. The predicted octanol–water partition coefficient (Wildman–Crippen LogP) is 3.80. The fourth-order valence-electron chi connectivity index (χ4n) is 1.76. The van der Waals surface area contributed by atoms with Crippen LogP contribution in [0.2, 0.25) is 0 Å². The van der Waals surface area contributed by atoms with Gasteiger partial charge in [0.1, 0.15) is 0 Å². The van der Waals surface area contributed by atoms with Gasteiger partial charge in [0.2, 0.25) is 0 Å². The number of ether oxygens (including phenoxy) is 1. The molecule has 0 spiro atoms. The van der Waals surface area contributed by atoms with E-state index in [4.69, 9.17) is 4.74 Å². The van der Waals surface area contributed by atoms with Gasteiger partial charge in [-0.25, -0.2) is 0 Å². The highest BCUT2D eigenvalue weighted by Crippen LogP contribution is 2.43. The zero-order valence-corrected chi connectivity index (χ0v) is 13.2. The lowest BCUT2D eigenvalue weighted by Crippen LogP contribution is -2.42. The van der Waals surface area contributed by atoms with Crippen molar-refractivity contribution in [1.82, 2.24) is 0 Å². The van der Waals surface area contributed by atoms with E-state index in [1.807, 2.05) is 18.7 Å². The lowest BCUT2D eigenvalue weighted by atomic mass is 9.66. The molecule has 1 aliphatic rings. The summed E-state index contributed by atoms with van der Waals surface area (Å²) in [6, 6.07) is 0. The van der Waals surface area contributed by atoms with Gasteiger partial charge in [-0.3, -0.25) is 4.79 Å². The molecule has 0 aliphatic carbocycles. The van der Waals surface area contributed by atoms with Crippen LogP contribution in [0.3, 0.4) is 0 Å². The number of hydrogen-bond acceptors (Lipinski definition) is 4. The number of esters is 1. The van der Waals surface area contributed by atoms with Gasteiger partial charge < -0.3 is 4.74 Å². The summed E-state index contributed by atoms with van der Waals surface area (Å²) < 4.78 is 5.68. The summed E-state index contributed by atoms with van der Waals surface area (Å²) in [7, 11) is 0. The topological polar surface area (TPSA) is 26.3 Å². The third kappa shape index (κ3) is 3.57. The van der Waals surface area contributed by atoms with Crippen molar-refractivity contribution < 1.29 is 9.53 Å². The lowest BCUT2D eigenvalue weighted by Gasteiger charge is -2.40. The molecule has 0 saturated carbocycles. The fraction of sp³-hybridized carbons (Fsp3) is 0.923. The molecule has 17 heavy (non-hydrogen) atoms. The van der Waals surface area contributed by atoms with E-state index in [0.717, 1.165) is 17.9 Å². The highest BCUT2D eigenvalue weighted by atomic mass is 32.2. The van der Waals surface area contributed by atoms with Gasteiger partial charge in [-0.1, -0.05) is 27.7 Å². The molecule has 0 aromatic carbocycles. The molecule has 1 heterocycles. The van der Waals surface area contributed by atoms with Crippen molar-refractivity contribution in [2.24, 2.45) is 10.8 Å². The Hall–Kier alpha value is 0.170. The van der Waals surface area contributed by atoms with Crippen LogP contribution in [-0.4, -0.2) is 28.7 Å². The molecular weight excluding hydrogens is 252 g/mol. The molecule has 1 rings (SSSR count). The summed E-state index contributed by atoms with van der Waals surface area (Å²) in [6.45, 7) is 10.4. The molecule has 0 aromatic heterocycles. The van der Waals surface area contributed by atoms with E-state index < -0.39 is 5.41 Å². The van der Waals surface area contributed by atoms with E-state index in [1.165, 1.54) is 5.75 Å². The monoisotopic (exact) mass is 276 g/mol. The molecule has 100 valence electrons. The van der Waals surface area contributed by atoms with Crippen LogP contribution in [-0.2, 0) is 9.53 Å². The summed E-state index contributed by atoms with van der Waals surface area (Å²) in [5, 5.41) is 0. The summed E-state index contributed by atoms with van der Waals surface area (Å²) in [5.41, 5.74) is -0.407. The first kappa shape index (κ1) is 15.2. The Kier molecular flexibility index (Phi) is 5.26. The minimum absolute atomic E-state index is 0.0347. The average Bonchev–Trinajstić information content (AvgIpc) is 2.27. The lowest BCUT2D eigenvalue weighted by molar-refractivity contribution is -0.163. The Morgan fingerprint density at radius 2 is 1.94 bits per heavy atom. The van der Waals surface area contributed by atoms with Gasteiger partial charge >= 0.3 is 5.97 Å². The van der Waals surface area contributed by atoms with Crippen LogP contribution in [0.5, 0.6) is 0 Å². The van der Waals surface area contributed by atoms with E-state index in [9.17, 15) is 4.79 Å². The van der Waals surface area contributed by atoms with Crippen molar-refractivity contribution >= 4 is 29.5 Å². The molecule has 2 unspecified atom stereocenters. The van der Waals surface area contributed by atoms with E-state index in [2.05, 4.69) is 27.7 Å². The van der Waals surface area contributed by atoms with Gasteiger partial charge in [-0.05, 0) is 18.8 Å². The standard InChI is InChI=1S/C13H24O2S2/c1-6-13(5,12(2,3)4)11(14)15-10-9-16-7-8-17-10/h10H,6-9H2,1-5H3. The molecule has 1 saturated heterocycles. The van der Waals surface area contributed by atoms with Gasteiger partial charge in [0, 0.05) is 17.3 Å². The van der Waals surface area contributed by atoms with E-state index in [0.29, 0.717) is 0 Å². The Morgan fingerprint density at radius 1 is 1.29 bits per heavy atom. The molecule has 0 bridgehead atoms. The van der Waals surface area contributed by atoms with Crippen molar-refractivity contribution in [3.63, 3.8) is 0 Å². The second-order valence-corrected chi connectivity index (χ2v) is 8.13. The highest BCUT2D eigenvalue weighted by Gasteiger charge is 2.44. The molecule has 0 amide bonds. The predicted molar refractivity (Wildman–Crippen MR) is 77.5 cm³/mol. The van der Waals surface area contributed by atoms with Crippen LogP contribution in [0.25, 0.3) is 0 Å². The summed E-state index contributed by atoms with van der Waals surface area (Å²) in [4.78, 5) is 12.4. The van der Waals surface area contributed by atoms with Crippen LogP contribution in [0.1, 0.15) is 41.0 Å². The number of carbonyl (C=O) groups is 1. The van der Waals surface area contributed by atoms with Crippen LogP contribution < -0.4 is 0 Å². The van der Waals surface area contributed by atoms with E-state index >= 15 is 0 Å². The quantitative estimate of drug-likeness (QED) is 0.733. The molecule has 2 atom stereocenters. The average molecular weight is 276 g/mol. The number of carbonyl (C=O) groups excluding carboxylic acids is 1. The SMILES string of the molecule is CCC(C)(C(=O)OC1CSCCS1)C(C)(C)C. The first-order chi connectivity index (χ1) is 7.81. The maximum absolute atomic E-state index is 12.4. The molecule has 1 fully saturated rings. The Balaban J connectivity index is 2.66. The van der Waals surface area contributed by atoms with E-state index in [-0.39, 0.29) is 16.8 Å². The van der Waals surface area contributed by atoms with Crippen LogP contribution in [0.4, 0.5) is 0 Å². The Bertz CT molecular complexity index is 267. The van der Waals surface area contributed by atoms with Crippen molar-refractivity contribution in [1.29, 1.82) is 0 Å². The van der Waals surface area contributed by atoms with Gasteiger partial charge in [0.15, 0.2) is 5.44 Å². The smallest absolute Gasteiger partial charge is 0.313 e. The zero-order valence-electron chi connectivity index (χ0n) is 11.5. The molecule has 4 heteroatoms. The zero-order chi connectivity index (χ0) is 13.1. The largest absolute Gasteiger partial charge is 0.450 e. The second kappa shape index (κ2) is 5.87. The van der Waals surface area contributed by atoms with Crippen LogP contribution >= 0.6 is 23.5 Å². The minimum atomic E-state index is -0.393. The highest BCUT2D eigenvalue weighted by molar-refractivity contribution is 8.06. The van der Waals surface area contributed by atoms with Crippen molar-refractivity contribution in [2.45, 2.75) is 46.5 Å². The fourth-order valence-corrected chi connectivity index (χ4v) is 4.14. The first-order valence-corrected chi connectivity index (χ1v) is 8.42. The third-order valence-corrected chi connectivity index (χ3v) is 6.41. The molecule has 2 nitrogen and oxygen atoms in total. The van der Waals surface area contributed by atoms with E-state index in [1.54, 1.807) is 11.8 Å². The van der Waals surface area contributed by atoms with Gasteiger partial charge in [0.05, 0.1) is 5.41 Å². The number of thioether (sulfide) groups is 2. The van der Waals surface area contributed by atoms with Gasteiger partial charge in [-0.15, -0.1) is 11.8 Å². The maximum Gasteiger partial charge on any atom is 0.313 e. The van der Waals surface area contributed by atoms with Crippen molar-refractivity contribution in [3.8, 4) is 0 Å². The number of rotatable bonds is 3. The maximum atomic E-state index is 12.4. The Labute approximate surface area is 114 Å². The Morgan fingerprint density at radius 3 is 2.35 bits per heavy atom. The second-order valence-electron chi connectivity index (χ2n) is 5.72. The summed E-state index contributed by atoms with van der Waals surface area (Å²) in [6.07, 6.45) is 0.819. The third-order valence-electron chi connectivity index (χ3n) is 3.84. The molecular formula is C13H24O2S2. The van der Waals surface area contributed by atoms with Gasteiger partial charge in [0.25, 0.3) is 0 Å².